The van der Waals surface area contributed by atoms with Crippen molar-refractivity contribution in [1.82, 2.24) is 14.8 Å². The standard InChI is InChI=1S/C15H26ClN3S/c1-18-8-5-6-14(11-18)19(2)9-4-3-7-15-17-13(10-16)12-20-15/h12,14H,3-11H2,1-2H3. The minimum atomic E-state index is 0.536. The highest BCUT2D eigenvalue weighted by molar-refractivity contribution is 7.09. The van der Waals surface area contributed by atoms with Crippen LogP contribution in [-0.2, 0) is 12.3 Å². The number of rotatable bonds is 7. The Morgan fingerprint density at radius 2 is 2.35 bits per heavy atom. The molecule has 0 saturated carbocycles. The Kier molecular flexibility index (Phi) is 6.75. The highest BCUT2D eigenvalue weighted by atomic mass is 35.5. The molecule has 2 heterocycles. The summed E-state index contributed by atoms with van der Waals surface area (Å²) < 4.78 is 0. The summed E-state index contributed by atoms with van der Waals surface area (Å²) in [6.07, 6.45) is 6.27. The van der Waals surface area contributed by atoms with Gasteiger partial charge in [0.25, 0.3) is 0 Å². The number of likely N-dealkylation sites (N-methyl/N-ethyl adjacent to an activating group) is 2. The quantitative estimate of drug-likeness (QED) is 0.569. The van der Waals surface area contributed by atoms with E-state index in [1.54, 1.807) is 11.3 Å². The van der Waals surface area contributed by atoms with Gasteiger partial charge in [-0.25, -0.2) is 4.98 Å². The van der Waals surface area contributed by atoms with E-state index in [-0.39, 0.29) is 0 Å². The Morgan fingerprint density at radius 3 is 3.05 bits per heavy atom. The lowest BCUT2D eigenvalue weighted by atomic mass is 10.0. The van der Waals surface area contributed by atoms with Crippen molar-refractivity contribution in [2.24, 2.45) is 0 Å². The topological polar surface area (TPSA) is 19.4 Å². The second-order valence-electron chi connectivity index (χ2n) is 5.86. The van der Waals surface area contributed by atoms with E-state index in [9.17, 15) is 0 Å². The van der Waals surface area contributed by atoms with Crippen LogP contribution in [0.5, 0.6) is 0 Å². The molecule has 1 aliphatic rings. The minimum absolute atomic E-state index is 0.536. The first-order valence-electron chi connectivity index (χ1n) is 7.57. The van der Waals surface area contributed by atoms with Gasteiger partial charge in [-0.1, -0.05) is 0 Å². The molecule has 1 atom stereocenters. The Balaban J connectivity index is 1.62. The highest BCUT2D eigenvalue weighted by Gasteiger charge is 2.20. The third-order valence-electron chi connectivity index (χ3n) is 4.11. The van der Waals surface area contributed by atoms with Crippen LogP contribution in [0.4, 0.5) is 0 Å². The molecule has 0 aromatic carbocycles. The number of aryl methyl sites for hydroxylation is 1. The molecule has 1 saturated heterocycles. The number of thiazole rings is 1. The zero-order valence-electron chi connectivity index (χ0n) is 12.6. The summed E-state index contributed by atoms with van der Waals surface area (Å²) in [4.78, 5) is 9.51. The van der Waals surface area contributed by atoms with Gasteiger partial charge in [0.2, 0.25) is 0 Å². The molecule has 1 fully saturated rings. The van der Waals surface area contributed by atoms with Gasteiger partial charge >= 0.3 is 0 Å². The molecular weight excluding hydrogens is 290 g/mol. The van der Waals surface area contributed by atoms with Crippen LogP contribution < -0.4 is 0 Å². The van der Waals surface area contributed by atoms with Crippen molar-refractivity contribution >= 4 is 22.9 Å². The summed E-state index contributed by atoms with van der Waals surface area (Å²) in [5.41, 5.74) is 1.02. The predicted octanol–water partition coefficient (Wildman–Crippen LogP) is 3.23. The molecular formula is C15H26ClN3S. The molecule has 0 bridgehead atoms. The SMILES string of the molecule is CN1CCCC(N(C)CCCCc2nc(CCl)cs2)C1. The molecule has 5 heteroatoms. The van der Waals surface area contributed by atoms with Crippen LogP contribution in [-0.4, -0.2) is 54.6 Å². The lowest BCUT2D eigenvalue weighted by Crippen LogP contribution is -2.45. The zero-order valence-corrected chi connectivity index (χ0v) is 14.2. The van der Waals surface area contributed by atoms with Crippen LogP contribution in [0.15, 0.2) is 5.38 Å². The first kappa shape index (κ1) is 16.2. The maximum absolute atomic E-state index is 5.77. The fourth-order valence-corrected chi connectivity index (χ4v) is 3.91. The van der Waals surface area contributed by atoms with Gasteiger partial charge in [-0.2, -0.15) is 0 Å². The maximum atomic E-state index is 5.77. The van der Waals surface area contributed by atoms with Crippen LogP contribution in [0.1, 0.15) is 36.4 Å². The van der Waals surface area contributed by atoms with Crippen molar-refractivity contribution < 1.29 is 0 Å². The molecule has 1 unspecified atom stereocenters. The molecule has 2 rings (SSSR count). The van der Waals surface area contributed by atoms with Crippen molar-refractivity contribution in [3.05, 3.63) is 16.1 Å². The van der Waals surface area contributed by atoms with Gasteiger partial charge in [0.05, 0.1) is 16.6 Å². The van der Waals surface area contributed by atoms with Gasteiger partial charge in [-0.05, 0) is 59.3 Å². The molecule has 1 aliphatic heterocycles. The number of hydrogen-bond acceptors (Lipinski definition) is 4. The minimum Gasteiger partial charge on any atom is -0.305 e. The maximum Gasteiger partial charge on any atom is 0.0928 e. The molecule has 0 amide bonds. The lowest BCUT2D eigenvalue weighted by molar-refractivity contribution is 0.133. The molecule has 1 aromatic heterocycles. The molecule has 0 radical (unpaired) electrons. The zero-order chi connectivity index (χ0) is 14.4. The molecule has 0 aliphatic carbocycles. The van der Waals surface area contributed by atoms with E-state index in [0.717, 1.165) is 18.2 Å². The van der Waals surface area contributed by atoms with Crippen molar-refractivity contribution in [2.75, 3.05) is 33.7 Å². The molecule has 3 nitrogen and oxygen atoms in total. The second kappa shape index (κ2) is 8.32. The van der Waals surface area contributed by atoms with E-state index in [1.807, 2.05) is 0 Å². The number of aromatic nitrogens is 1. The summed E-state index contributed by atoms with van der Waals surface area (Å²) in [7, 11) is 4.51. The predicted molar refractivity (Wildman–Crippen MR) is 87.8 cm³/mol. The lowest BCUT2D eigenvalue weighted by Gasteiger charge is -2.35. The number of hydrogen-bond donors (Lipinski definition) is 0. The Hall–Kier alpha value is -0.160. The van der Waals surface area contributed by atoms with E-state index in [2.05, 4.69) is 34.3 Å². The van der Waals surface area contributed by atoms with Gasteiger partial charge in [0.15, 0.2) is 0 Å². The molecule has 0 N–H and O–H groups in total. The van der Waals surface area contributed by atoms with Crippen molar-refractivity contribution in [1.29, 1.82) is 0 Å². The van der Waals surface area contributed by atoms with Gasteiger partial charge in [0.1, 0.15) is 0 Å². The number of alkyl halides is 1. The van der Waals surface area contributed by atoms with E-state index >= 15 is 0 Å². The van der Waals surface area contributed by atoms with Crippen LogP contribution in [0.3, 0.4) is 0 Å². The van der Waals surface area contributed by atoms with E-state index < -0.39 is 0 Å². The van der Waals surface area contributed by atoms with Crippen molar-refractivity contribution in [3.63, 3.8) is 0 Å². The number of nitrogens with zero attached hydrogens (tertiary/aromatic N) is 3. The average molecular weight is 316 g/mol. The number of halogens is 1. The largest absolute Gasteiger partial charge is 0.305 e. The van der Waals surface area contributed by atoms with Crippen LogP contribution in [0.25, 0.3) is 0 Å². The van der Waals surface area contributed by atoms with Gasteiger partial charge in [-0.15, -0.1) is 22.9 Å². The van der Waals surface area contributed by atoms with E-state index in [1.165, 1.54) is 50.3 Å². The number of piperidine rings is 1. The highest BCUT2D eigenvalue weighted by Crippen LogP contribution is 2.16. The molecule has 20 heavy (non-hydrogen) atoms. The number of unbranched alkanes of at least 4 members (excludes halogenated alkanes) is 1. The molecule has 114 valence electrons. The fourth-order valence-electron chi connectivity index (χ4n) is 2.84. The van der Waals surface area contributed by atoms with Crippen molar-refractivity contribution in [2.45, 2.75) is 44.0 Å². The molecule has 0 spiro atoms. The third kappa shape index (κ3) is 4.99. The monoisotopic (exact) mass is 315 g/mol. The van der Waals surface area contributed by atoms with E-state index in [0.29, 0.717) is 5.88 Å². The first-order chi connectivity index (χ1) is 9.69. The van der Waals surface area contributed by atoms with Crippen molar-refractivity contribution in [3.8, 4) is 0 Å². The van der Waals surface area contributed by atoms with Gasteiger partial charge in [0, 0.05) is 18.0 Å². The van der Waals surface area contributed by atoms with Crippen LogP contribution >= 0.6 is 22.9 Å². The summed E-state index contributed by atoms with van der Waals surface area (Å²) in [6.45, 7) is 3.69. The fraction of sp³-hybridized carbons (Fsp3) is 0.800. The summed E-state index contributed by atoms with van der Waals surface area (Å²) in [6, 6.07) is 0.747. The Bertz CT molecular complexity index is 396. The summed E-state index contributed by atoms with van der Waals surface area (Å²) in [5, 5.41) is 3.31. The number of likely N-dealkylation sites (tertiary alicyclic amines) is 1. The third-order valence-corrected chi connectivity index (χ3v) is 5.34. The second-order valence-corrected chi connectivity index (χ2v) is 7.07. The summed E-state index contributed by atoms with van der Waals surface area (Å²) in [5.74, 6) is 0.536. The van der Waals surface area contributed by atoms with Gasteiger partial charge in [-0.3, -0.25) is 0 Å². The van der Waals surface area contributed by atoms with Crippen LogP contribution in [0.2, 0.25) is 0 Å². The first-order valence-corrected chi connectivity index (χ1v) is 8.98. The smallest absolute Gasteiger partial charge is 0.0928 e. The van der Waals surface area contributed by atoms with Gasteiger partial charge < -0.3 is 9.80 Å². The Morgan fingerprint density at radius 1 is 1.50 bits per heavy atom. The average Bonchev–Trinajstić information content (AvgIpc) is 2.91. The normalized spacial score (nSPS) is 20.7. The van der Waals surface area contributed by atoms with Crippen LogP contribution in [0, 0.1) is 0 Å². The van der Waals surface area contributed by atoms with E-state index in [4.69, 9.17) is 11.6 Å². The summed E-state index contributed by atoms with van der Waals surface area (Å²) >= 11 is 7.52. The Labute approximate surface area is 131 Å². The molecule has 1 aromatic rings.